The number of anilines is 1. The molecule has 5 N–H and O–H groups in total. The van der Waals surface area contributed by atoms with E-state index in [1.54, 1.807) is 36.4 Å². The number of carbonyl (C=O) groups excluding carboxylic acids is 1. The molecule has 0 fully saturated rings. The van der Waals surface area contributed by atoms with Crippen molar-refractivity contribution in [3.63, 3.8) is 0 Å². The lowest BCUT2D eigenvalue weighted by atomic mass is 10.0. The molecule has 1 aromatic heterocycles. The molecule has 0 saturated carbocycles. The summed E-state index contributed by atoms with van der Waals surface area (Å²) in [6, 6.07) is 11.0. The lowest BCUT2D eigenvalue weighted by molar-refractivity contribution is -0.120. The van der Waals surface area contributed by atoms with Crippen LogP contribution in [0.4, 0.5) is 5.69 Å². The molecule has 0 aliphatic carbocycles. The van der Waals surface area contributed by atoms with Gasteiger partial charge in [0.1, 0.15) is 17.6 Å². The van der Waals surface area contributed by atoms with Gasteiger partial charge >= 0.3 is 0 Å². The van der Waals surface area contributed by atoms with E-state index in [1.165, 1.54) is 0 Å². The van der Waals surface area contributed by atoms with E-state index < -0.39 is 22.0 Å². The Morgan fingerprint density at radius 1 is 1.16 bits per heavy atom. The molecule has 3 rings (SSSR count). The van der Waals surface area contributed by atoms with Gasteiger partial charge in [-0.15, -0.1) is 0 Å². The van der Waals surface area contributed by atoms with Gasteiger partial charge in [-0.25, -0.2) is 8.42 Å². The Hall–Kier alpha value is -3.57. The molecule has 0 unspecified atom stereocenters. The fourth-order valence-corrected chi connectivity index (χ4v) is 5.02. The minimum absolute atomic E-state index is 0.0804. The van der Waals surface area contributed by atoms with E-state index in [9.17, 15) is 13.2 Å². The van der Waals surface area contributed by atoms with Gasteiger partial charge in [-0.2, -0.15) is 0 Å². The predicted octanol–water partition coefficient (Wildman–Crippen LogP) is 3.58. The molecule has 3 aromatic rings. The zero-order chi connectivity index (χ0) is 27.2. The van der Waals surface area contributed by atoms with Gasteiger partial charge in [0, 0.05) is 16.6 Å². The number of rotatable bonds is 13. The lowest BCUT2D eigenvalue weighted by Crippen LogP contribution is -2.38. The Bertz CT molecular complexity index is 1350. The van der Waals surface area contributed by atoms with Gasteiger partial charge in [0.15, 0.2) is 11.3 Å². The molecule has 11 heteroatoms. The summed E-state index contributed by atoms with van der Waals surface area (Å²) in [6.45, 7) is 4.69. The second-order valence-electron chi connectivity index (χ2n) is 9.03. The number of hydrogen-bond donors (Lipinski definition) is 4. The van der Waals surface area contributed by atoms with Crippen LogP contribution < -0.4 is 20.5 Å². The number of nitrogens with two attached hydrogens (primary N) is 1. The van der Waals surface area contributed by atoms with Crippen molar-refractivity contribution in [3.05, 3.63) is 59.4 Å². The van der Waals surface area contributed by atoms with Gasteiger partial charge in [0.2, 0.25) is 10.0 Å². The van der Waals surface area contributed by atoms with E-state index in [4.69, 9.17) is 20.3 Å². The van der Waals surface area contributed by atoms with Crippen LogP contribution in [0.25, 0.3) is 11.0 Å². The molecule has 1 amide bonds. The van der Waals surface area contributed by atoms with Crippen molar-refractivity contribution in [3.8, 4) is 5.75 Å². The number of amides is 1. The highest BCUT2D eigenvalue weighted by Crippen LogP contribution is 2.34. The second kappa shape index (κ2) is 12.1. The van der Waals surface area contributed by atoms with Crippen molar-refractivity contribution in [1.82, 2.24) is 9.62 Å². The molecule has 10 nitrogen and oxygen atoms in total. The summed E-state index contributed by atoms with van der Waals surface area (Å²) in [6.07, 6.45) is 1.13. The number of amidine groups is 1. The minimum Gasteiger partial charge on any atom is -0.490 e. The van der Waals surface area contributed by atoms with Gasteiger partial charge in [0.25, 0.3) is 5.91 Å². The zero-order valence-electron chi connectivity index (χ0n) is 21.6. The third-order valence-corrected chi connectivity index (χ3v) is 6.89. The molecular weight excluding hydrogens is 494 g/mol. The Labute approximate surface area is 217 Å². The van der Waals surface area contributed by atoms with Crippen LogP contribution in [0.3, 0.4) is 0 Å². The summed E-state index contributed by atoms with van der Waals surface area (Å²) in [5, 5.41) is 11.5. The number of furan rings is 1. The smallest absolute Gasteiger partial charge is 0.260 e. The summed E-state index contributed by atoms with van der Waals surface area (Å²) >= 11 is 0. The van der Waals surface area contributed by atoms with Crippen molar-refractivity contribution in [2.24, 2.45) is 5.73 Å². The number of nitrogens with zero attached hydrogens (tertiary/aromatic N) is 1. The molecule has 2 aromatic carbocycles. The first-order valence-corrected chi connectivity index (χ1v) is 13.8. The number of sulfonamides is 1. The first kappa shape index (κ1) is 28.0. The summed E-state index contributed by atoms with van der Waals surface area (Å²) in [4.78, 5) is 15.4. The monoisotopic (exact) mass is 529 g/mol. The van der Waals surface area contributed by atoms with E-state index in [-0.39, 0.29) is 11.6 Å². The molecular formula is C26H35N5O5S. The molecule has 1 heterocycles. The quantitative estimate of drug-likeness (QED) is 0.194. The standard InChI is InChI=1S/C26H35N5O5S/c1-5-7-12-37(33,34)30-26(32)23(29-20-10-8-17(9-11-20)25(27)28)18-13-19-14-21(16-31(3)4)36-24(19)22(15-18)35-6-2/h8-11,13-15,23,29H,5-7,12,16H2,1-4H3,(H3,27,28)(H,30,32)/t23-/m1/s1. The van der Waals surface area contributed by atoms with Crippen molar-refractivity contribution in [1.29, 1.82) is 5.41 Å². The molecule has 0 aliphatic rings. The zero-order valence-corrected chi connectivity index (χ0v) is 22.4. The van der Waals surface area contributed by atoms with Crippen LogP contribution in [-0.2, 0) is 21.4 Å². The molecule has 0 radical (unpaired) electrons. The molecule has 200 valence electrons. The number of benzene rings is 2. The Morgan fingerprint density at radius 3 is 2.46 bits per heavy atom. The van der Waals surface area contributed by atoms with Crippen molar-refractivity contribution >= 4 is 38.4 Å². The third-order valence-electron chi connectivity index (χ3n) is 5.55. The first-order chi connectivity index (χ1) is 17.5. The molecule has 0 bridgehead atoms. The topological polar surface area (TPSA) is 151 Å². The second-order valence-corrected chi connectivity index (χ2v) is 10.9. The van der Waals surface area contributed by atoms with Gasteiger partial charge in [-0.05, 0) is 75.5 Å². The highest BCUT2D eigenvalue weighted by atomic mass is 32.2. The summed E-state index contributed by atoms with van der Waals surface area (Å²) in [7, 11) is 0.0486. The van der Waals surface area contributed by atoms with Gasteiger partial charge in [-0.1, -0.05) is 13.3 Å². The summed E-state index contributed by atoms with van der Waals surface area (Å²) in [5.41, 5.74) is 7.69. The first-order valence-electron chi connectivity index (χ1n) is 12.1. The fraction of sp³-hybridized carbons (Fsp3) is 0.385. The van der Waals surface area contributed by atoms with Crippen LogP contribution in [0.5, 0.6) is 5.75 Å². The maximum Gasteiger partial charge on any atom is 0.260 e. The maximum atomic E-state index is 13.4. The largest absolute Gasteiger partial charge is 0.490 e. The van der Waals surface area contributed by atoms with Gasteiger partial charge in [0.05, 0.1) is 18.9 Å². The fourth-order valence-electron chi connectivity index (χ4n) is 3.83. The molecule has 1 atom stereocenters. The highest BCUT2D eigenvalue weighted by molar-refractivity contribution is 7.90. The number of unbranched alkanes of at least 4 members (excludes halogenated alkanes) is 1. The normalized spacial score (nSPS) is 12.5. The molecule has 0 aliphatic heterocycles. The summed E-state index contributed by atoms with van der Waals surface area (Å²) < 4.78 is 39.2. The van der Waals surface area contributed by atoms with Gasteiger partial charge in [-0.3, -0.25) is 14.9 Å². The lowest BCUT2D eigenvalue weighted by Gasteiger charge is -2.21. The van der Waals surface area contributed by atoms with Crippen molar-refractivity contribution in [2.75, 3.05) is 31.8 Å². The SMILES string of the molecule is CCCCS(=O)(=O)NC(=O)[C@H](Nc1ccc(C(=N)N)cc1)c1cc(OCC)c2oc(CN(C)C)cc2c1. The van der Waals surface area contributed by atoms with Crippen LogP contribution in [-0.4, -0.2) is 51.5 Å². The number of fused-ring (bicyclic) bond motifs is 1. The van der Waals surface area contributed by atoms with Crippen LogP contribution in [0.15, 0.2) is 46.9 Å². The molecule has 0 saturated heterocycles. The molecule has 37 heavy (non-hydrogen) atoms. The van der Waals surface area contributed by atoms with Crippen molar-refractivity contribution in [2.45, 2.75) is 39.3 Å². The number of carbonyl (C=O) groups is 1. The maximum absolute atomic E-state index is 13.4. The van der Waals surface area contributed by atoms with E-state index in [1.807, 2.05) is 38.9 Å². The number of ether oxygens (including phenoxy) is 1. The van der Waals surface area contributed by atoms with Crippen LogP contribution in [0.1, 0.15) is 49.6 Å². The Morgan fingerprint density at radius 2 is 1.86 bits per heavy atom. The summed E-state index contributed by atoms with van der Waals surface area (Å²) in [5.74, 6) is 0.247. The third kappa shape index (κ3) is 7.46. The van der Waals surface area contributed by atoms with E-state index in [0.717, 1.165) is 11.1 Å². The van der Waals surface area contributed by atoms with Crippen LogP contribution >= 0.6 is 0 Å². The van der Waals surface area contributed by atoms with E-state index in [0.29, 0.717) is 54.1 Å². The minimum atomic E-state index is -3.82. The average molecular weight is 530 g/mol. The van der Waals surface area contributed by atoms with Gasteiger partial charge < -0.3 is 25.1 Å². The average Bonchev–Trinajstić information content (AvgIpc) is 3.23. The highest BCUT2D eigenvalue weighted by Gasteiger charge is 2.27. The molecule has 0 spiro atoms. The van der Waals surface area contributed by atoms with Crippen LogP contribution in [0, 0.1) is 5.41 Å². The Balaban J connectivity index is 2.06. The number of hydrogen-bond acceptors (Lipinski definition) is 8. The Kier molecular flexibility index (Phi) is 9.17. The number of nitrogens with one attached hydrogen (secondary N) is 3. The number of nitrogen functional groups attached to an aromatic ring is 1. The van der Waals surface area contributed by atoms with E-state index in [2.05, 4.69) is 10.0 Å². The predicted molar refractivity (Wildman–Crippen MR) is 145 cm³/mol. The van der Waals surface area contributed by atoms with E-state index >= 15 is 0 Å². The van der Waals surface area contributed by atoms with Crippen LogP contribution in [0.2, 0.25) is 0 Å². The van der Waals surface area contributed by atoms with Crippen molar-refractivity contribution < 1.29 is 22.4 Å².